The summed E-state index contributed by atoms with van der Waals surface area (Å²) < 4.78 is 0. The number of nitrogen functional groups attached to an aromatic ring is 1. The maximum atomic E-state index is 5.85. The van der Waals surface area contributed by atoms with Crippen molar-refractivity contribution in [3.63, 3.8) is 0 Å². The van der Waals surface area contributed by atoms with Crippen molar-refractivity contribution in [2.24, 2.45) is 0 Å². The van der Waals surface area contributed by atoms with Gasteiger partial charge in [-0.2, -0.15) is 0 Å². The molecule has 5 nitrogen and oxygen atoms in total. The molecule has 0 spiro atoms. The predicted molar refractivity (Wildman–Crippen MR) is 80.2 cm³/mol. The van der Waals surface area contributed by atoms with Gasteiger partial charge in [0, 0.05) is 5.56 Å². The first-order valence-electron chi connectivity index (χ1n) is 6.53. The van der Waals surface area contributed by atoms with Gasteiger partial charge in [0.05, 0.1) is 0 Å². The van der Waals surface area contributed by atoms with Crippen molar-refractivity contribution in [2.45, 2.75) is 26.2 Å². The van der Waals surface area contributed by atoms with Gasteiger partial charge in [0.1, 0.15) is 17.7 Å². The summed E-state index contributed by atoms with van der Waals surface area (Å²) in [7, 11) is 0. The Morgan fingerprint density at radius 2 is 1.85 bits per heavy atom. The number of H-pyrrole nitrogens is 1. The highest BCUT2D eigenvalue weighted by Gasteiger charge is 2.20. The fourth-order valence-corrected chi connectivity index (χ4v) is 2.32. The Labute approximate surface area is 117 Å². The zero-order chi connectivity index (χ0) is 14.3. The number of fused-ring (bicyclic) bond motifs is 1. The van der Waals surface area contributed by atoms with Gasteiger partial charge in [-0.25, -0.2) is 15.0 Å². The lowest BCUT2D eigenvalue weighted by molar-refractivity contribution is 0.591. The summed E-state index contributed by atoms with van der Waals surface area (Å²) in [6.45, 7) is 6.55. The van der Waals surface area contributed by atoms with E-state index < -0.39 is 0 Å². The number of nitrogens with two attached hydrogens (primary N) is 1. The van der Waals surface area contributed by atoms with Crippen LogP contribution in [0.1, 0.15) is 26.3 Å². The van der Waals surface area contributed by atoms with Crippen LogP contribution < -0.4 is 5.73 Å². The van der Waals surface area contributed by atoms with Crippen molar-refractivity contribution >= 4 is 17.0 Å². The molecule has 0 saturated carbocycles. The second-order valence-electron chi connectivity index (χ2n) is 5.84. The maximum absolute atomic E-state index is 5.85. The van der Waals surface area contributed by atoms with Crippen LogP contribution >= 0.6 is 0 Å². The SMILES string of the molecule is CC(C)(C)c1ccccc1-c1nc2ncnc(N)c2[nH]1. The standard InChI is InChI=1S/C15H17N5/c1-15(2,3)10-7-5-4-6-9(10)13-19-11-12(16)17-8-18-14(11)20-13/h4-8H,1-3H3,(H3,16,17,18,19,20). The molecule has 20 heavy (non-hydrogen) atoms. The third-order valence-electron chi connectivity index (χ3n) is 3.31. The molecule has 0 aliphatic carbocycles. The van der Waals surface area contributed by atoms with E-state index in [4.69, 9.17) is 5.73 Å². The molecule has 3 aromatic rings. The minimum atomic E-state index is 0.0345. The molecule has 0 bridgehead atoms. The number of aromatic amines is 1. The topological polar surface area (TPSA) is 80.5 Å². The number of rotatable bonds is 1. The maximum Gasteiger partial charge on any atom is 0.183 e. The molecule has 0 saturated heterocycles. The second-order valence-corrected chi connectivity index (χ2v) is 5.84. The average molecular weight is 267 g/mol. The second kappa shape index (κ2) is 4.30. The lowest BCUT2D eigenvalue weighted by Crippen LogP contribution is -2.12. The van der Waals surface area contributed by atoms with E-state index in [9.17, 15) is 0 Å². The van der Waals surface area contributed by atoms with Crippen LogP contribution in [0.4, 0.5) is 5.82 Å². The van der Waals surface area contributed by atoms with Crippen molar-refractivity contribution < 1.29 is 0 Å². The molecule has 0 radical (unpaired) electrons. The lowest BCUT2D eigenvalue weighted by atomic mass is 9.83. The Kier molecular flexibility index (Phi) is 2.71. The molecular weight excluding hydrogens is 250 g/mol. The van der Waals surface area contributed by atoms with Gasteiger partial charge in [-0.15, -0.1) is 0 Å². The molecule has 0 unspecified atom stereocenters. The van der Waals surface area contributed by atoms with Crippen LogP contribution in [-0.4, -0.2) is 19.9 Å². The molecule has 2 heterocycles. The van der Waals surface area contributed by atoms with E-state index in [0.717, 1.165) is 11.4 Å². The molecule has 0 aliphatic heterocycles. The van der Waals surface area contributed by atoms with E-state index >= 15 is 0 Å². The normalized spacial score (nSPS) is 11.9. The van der Waals surface area contributed by atoms with E-state index in [1.807, 2.05) is 12.1 Å². The third-order valence-corrected chi connectivity index (χ3v) is 3.31. The quantitative estimate of drug-likeness (QED) is 0.710. The van der Waals surface area contributed by atoms with Crippen LogP contribution in [0.3, 0.4) is 0 Å². The van der Waals surface area contributed by atoms with Gasteiger partial charge in [0.25, 0.3) is 0 Å². The van der Waals surface area contributed by atoms with Gasteiger partial charge < -0.3 is 10.7 Å². The fourth-order valence-electron chi connectivity index (χ4n) is 2.32. The van der Waals surface area contributed by atoms with Crippen molar-refractivity contribution in [2.75, 3.05) is 5.73 Å². The largest absolute Gasteiger partial charge is 0.382 e. The van der Waals surface area contributed by atoms with Crippen molar-refractivity contribution in [3.05, 3.63) is 36.2 Å². The number of imidazole rings is 1. The molecule has 0 fully saturated rings. The van der Waals surface area contributed by atoms with E-state index in [2.05, 4.69) is 52.8 Å². The summed E-state index contributed by atoms with van der Waals surface area (Å²) in [5, 5.41) is 0. The smallest absolute Gasteiger partial charge is 0.183 e. The number of aromatic nitrogens is 4. The molecule has 0 aliphatic rings. The average Bonchev–Trinajstić information content (AvgIpc) is 2.83. The highest BCUT2D eigenvalue weighted by atomic mass is 15.0. The fraction of sp³-hybridized carbons (Fsp3) is 0.267. The minimum Gasteiger partial charge on any atom is -0.382 e. The number of benzene rings is 1. The molecule has 5 heteroatoms. The van der Waals surface area contributed by atoms with Gasteiger partial charge in [0.15, 0.2) is 11.5 Å². The van der Waals surface area contributed by atoms with Crippen LogP contribution in [0, 0.1) is 0 Å². The summed E-state index contributed by atoms with van der Waals surface area (Å²) in [5.74, 6) is 1.19. The van der Waals surface area contributed by atoms with Crippen molar-refractivity contribution in [3.8, 4) is 11.4 Å². The van der Waals surface area contributed by atoms with E-state index in [1.54, 1.807) is 0 Å². The predicted octanol–water partition coefficient (Wildman–Crippen LogP) is 2.90. The minimum absolute atomic E-state index is 0.0345. The van der Waals surface area contributed by atoms with E-state index in [1.165, 1.54) is 11.9 Å². The summed E-state index contributed by atoms with van der Waals surface area (Å²) >= 11 is 0. The van der Waals surface area contributed by atoms with Gasteiger partial charge in [-0.3, -0.25) is 0 Å². The zero-order valence-electron chi connectivity index (χ0n) is 11.8. The monoisotopic (exact) mass is 267 g/mol. The number of hydrogen-bond donors (Lipinski definition) is 2. The number of nitrogens with one attached hydrogen (secondary N) is 1. The Bertz CT molecular complexity index is 767. The molecule has 3 rings (SSSR count). The Morgan fingerprint density at radius 1 is 1.10 bits per heavy atom. The molecule has 1 aromatic carbocycles. The van der Waals surface area contributed by atoms with Crippen LogP contribution in [0.25, 0.3) is 22.6 Å². The Balaban J connectivity index is 2.24. The number of anilines is 1. The van der Waals surface area contributed by atoms with Crippen LogP contribution in [0.15, 0.2) is 30.6 Å². The van der Waals surface area contributed by atoms with E-state index in [-0.39, 0.29) is 5.41 Å². The molecule has 2 aromatic heterocycles. The highest BCUT2D eigenvalue weighted by Crippen LogP contribution is 2.32. The summed E-state index contributed by atoms with van der Waals surface area (Å²) in [6.07, 6.45) is 1.43. The van der Waals surface area contributed by atoms with Gasteiger partial charge in [-0.05, 0) is 11.0 Å². The summed E-state index contributed by atoms with van der Waals surface area (Å²) in [5.41, 5.74) is 9.46. The first-order valence-corrected chi connectivity index (χ1v) is 6.53. The molecular formula is C15H17N5. The molecule has 3 N–H and O–H groups in total. The Morgan fingerprint density at radius 3 is 2.55 bits per heavy atom. The number of nitrogens with zero attached hydrogens (tertiary/aromatic N) is 3. The third kappa shape index (κ3) is 2.01. The lowest BCUT2D eigenvalue weighted by Gasteiger charge is -2.21. The first kappa shape index (κ1) is 12.6. The molecule has 0 atom stereocenters. The Hall–Kier alpha value is -2.43. The van der Waals surface area contributed by atoms with Crippen molar-refractivity contribution in [1.82, 2.24) is 19.9 Å². The van der Waals surface area contributed by atoms with Gasteiger partial charge >= 0.3 is 0 Å². The van der Waals surface area contributed by atoms with Crippen LogP contribution in [0.5, 0.6) is 0 Å². The van der Waals surface area contributed by atoms with Crippen molar-refractivity contribution in [1.29, 1.82) is 0 Å². The zero-order valence-corrected chi connectivity index (χ0v) is 11.8. The van der Waals surface area contributed by atoms with Crippen LogP contribution in [-0.2, 0) is 5.41 Å². The number of hydrogen-bond acceptors (Lipinski definition) is 4. The first-order chi connectivity index (χ1) is 9.47. The van der Waals surface area contributed by atoms with Crippen LogP contribution in [0.2, 0.25) is 0 Å². The van der Waals surface area contributed by atoms with E-state index in [0.29, 0.717) is 17.0 Å². The highest BCUT2D eigenvalue weighted by molar-refractivity contribution is 5.84. The molecule has 0 amide bonds. The van der Waals surface area contributed by atoms with Gasteiger partial charge in [-0.1, -0.05) is 45.0 Å². The van der Waals surface area contributed by atoms with Gasteiger partial charge in [0.2, 0.25) is 0 Å². The molecule has 102 valence electrons. The summed E-state index contributed by atoms with van der Waals surface area (Å²) in [4.78, 5) is 15.9. The summed E-state index contributed by atoms with van der Waals surface area (Å²) in [6, 6.07) is 8.23.